The van der Waals surface area contributed by atoms with E-state index in [1.54, 1.807) is 7.11 Å². The van der Waals surface area contributed by atoms with Crippen LogP contribution >= 0.6 is 0 Å². The van der Waals surface area contributed by atoms with Gasteiger partial charge in [0.15, 0.2) is 0 Å². The highest BCUT2D eigenvalue weighted by Crippen LogP contribution is 2.52. The van der Waals surface area contributed by atoms with Crippen LogP contribution in [0, 0.1) is 11.8 Å². The van der Waals surface area contributed by atoms with Crippen molar-refractivity contribution in [2.24, 2.45) is 11.8 Å². The van der Waals surface area contributed by atoms with E-state index < -0.39 is 5.60 Å². The maximum Gasteiger partial charge on any atom is 0.101 e. The molecule has 0 radical (unpaired) electrons. The molecule has 2 aliphatic rings. The van der Waals surface area contributed by atoms with E-state index in [0.717, 1.165) is 31.8 Å². The number of epoxide rings is 1. The quantitative estimate of drug-likeness (QED) is 0.621. The van der Waals surface area contributed by atoms with Crippen molar-refractivity contribution in [2.75, 3.05) is 13.7 Å². The van der Waals surface area contributed by atoms with E-state index >= 15 is 0 Å². The molecule has 0 aromatic rings. The molecule has 1 spiro atoms. The molecular weight excluding hydrogens is 252 g/mol. The molecule has 20 heavy (non-hydrogen) atoms. The lowest BCUT2D eigenvalue weighted by Gasteiger charge is -2.45. The fraction of sp³-hybridized carbons (Fsp3) is 0.882. The number of ether oxygens (including phenoxy) is 2. The van der Waals surface area contributed by atoms with Crippen LogP contribution in [0.15, 0.2) is 11.6 Å². The Morgan fingerprint density at radius 3 is 2.60 bits per heavy atom. The molecule has 116 valence electrons. The molecule has 0 aromatic heterocycles. The molecule has 1 saturated heterocycles. The number of rotatable bonds is 5. The molecule has 0 aromatic carbocycles. The van der Waals surface area contributed by atoms with E-state index in [0.29, 0.717) is 0 Å². The third kappa shape index (κ3) is 3.10. The van der Waals surface area contributed by atoms with Crippen molar-refractivity contribution in [2.45, 2.75) is 70.7 Å². The summed E-state index contributed by atoms with van der Waals surface area (Å²) >= 11 is 0. The van der Waals surface area contributed by atoms with E-state index in [1.807, 2.05) is 6.92 Å². The van der Waals surface area contributed by atoms with Gasteiger partial charge in [-0.15, -0.1) is 0 Å². The second-order valence-corrected chi connectivity index (χ2v) is 7.26. The Balaban J connectivity index is 2.16. The summed E-state index contributed by atoms with van der Waals surface area (Å²) < 4.78 is 11.5. The first-order valence-electron chi connectivity index (χ1n) is 7.88. The lowest BCUT2D eigenvalue weighted by molar-refractivity contribution is -0.143. The smallest absolute Gasteiger partial charge is 0.101 e. The van der Waals surface area contributed by atoms with E-state index in [-0.39, 0.29) is 17.6 Å². The van der Waals surface area contributed by atoms with E-state index in [1.165, 1.54) is 12.0 Å². The zero-order valence-corrected chi connectivity index (χ0v) is 13.6. The summed E-state index contributed by atoms with van der Waals surface area (Å²) in [6.45, 7) is 9.37. The molecule has 4 atom stereocenters. The van der Waals surface area contributed by atoms with Crippen molar-refractivity contribution in [1.29, 1.82) is 0 Å². The number of hydrogen-bond acceptors (Lipinski definition) is 3. The van der Waals surface area contributed by atoms with Gasteiger partial charge in [0.1, 0.15) is 5.60 Å². The Bertz CT molecular complexity index is 366. The highest BCUT2D eigenvalue weighted by molar-refractivity contribution is 5.22. The third-order valence-electron chi connectivity index (χ3n) is 5.01. The monoisotopic (exact) mass is 282 g/mol. The summed E-state index contributed by atoms with van der Waals surface area (Å²) in [6.07, 6.45) is 6.12. The Hall–Kier alpha value is -0.380. The first-order chi connectivity index (χ1) is 9.32. The molecular formula is C17H30O3. The normalized spacial score (nSPS) is 41.5. The van der Waals surface area contributed by atoms with Crippen LogP contribution in [0.2, 0.25) is 0 Å². The predicted molar refractivity (Wildman–Crippen MR) is 80.7 cm³/mol. The number of methoxy groups -OCH3 is 1. The first-order valence-corrected chi connectivity index (χ1v) is 7.88. The van der Waals surface area contributed by atoms with Gasteiger partial charge in [-0.1, -0.05) is 25.5 Å². The fourth-order valence-electron chi connectivity index (χ4n) is 3.63. The van der Waals surface area contributed by atoms with Crippen molar-refractivity contribution in [1.82, 2.24) is 0 Å². The molecule has 0 unspecified atom stereocenters. The fourth-order valence-corrected chi connectivity index (χ4v) is 3.63. The van der Waals surface area contributed by atoms with Crippen LogP contribution in [0.1, 0.15) is 53.4 Å². The van der Waals surface area contributed by atoms with Crippen molar-refractivity contribution < 1.29 is 14.6 Å². The van der Waals surface area contributed by atoms with Crippen molar-refractivity contribution in [3.63, 3.8) is 0 Å². The van der Waals surface area contributed by atoms with E-state index in [2.05, 4.69) is 26.8 Å². The molecule has 1 aliphatic carbocycles. The van der Waals surface area contributed by atoms with Crippen LogP contribution in [0.3, 0.4) is 0 Å². The lowest BCUT2D eigenvalue weighted by Crippen LogP contribution is -2.55. The summed E-state index contributed by atoms with van der Waals surface area (Å²) in [5, 5.41) is 10.6. The highest BCUT2D eigenvalue weighted by atomic mass is 16.6. The van der Waals surface area contributed by atoms with Gasteiger partial charge < -0.3 is 14.6 Å². The van der Waals surface area contributed by atoms with Crippen LogP contribution in [-0.2, 0) is 9.47 Å². The van der Waals surface area contributed by atoms with Gasteiger partial charge in [0, 0.05) is 13.0 Å². The second-order valence-electron chi connectivity index (χ2n) is 7.26. The van der Waals surface area contributed by atoms with Gasteiger partial charge in [0.25, 0.3) is 0 Å². The Morgan fingerprint density at radius 1 is 1.45 bits per heavy atom. The van der Waals surface area contributed by atoms with Crippen LogP contribution in [-0.4, -0.2) is 36.1 Å². The summed E-state index contributed by atoms with van der Waals surface area (Å²) in [6, 6.07) is 0. The minimum absolute atomic E-state index is 0.0681. The maximum absolute atomic E-state index is 10.6. The molecule has 2 rings (SSSR count). The van der Waals surface area contributed by atoms with Gasteiger partial charge in [-0.2, -0.15) is 0 Å². The Kier molecular flexibility index (Phi) is 4.63. The topological polar surface area (TPSA) is 42.0 Å². The van der Waals surface area contributed by atoms with Gasteiger partial charge in [0.05, 0.1) is 18.3 Å². The zero-order chi connectivity index (χ0) is 15.0. The van der Waals surface area contributed by atoms with Crippen molar-refractivity contribution in [3.05, 3.63) is 11.6 Å². The van der Waals surface area contributed by atoms with Crippen LogP contribution in [0.5, 0.6) is 0 Å². The molecule has 1 heterocycles. The van der Waals surface area contributed by atoms with Gasteiger partial charge in [-0.25, -0.2) is 0 Å². The molecule has 0 amide bonds. The van der Waals surface area contributed by atoms with Crippen LogP contribution in [0.25, 0.3) is 0 Å². The SMILES string of the molecule is CO[C@H]1[C@H](C(C)=CCCC(C)C)[C@]2(CC[C@@]1(C)O)CO2. The average molecular weight is 282 g/mol. The number of hydrogen-bond donors (Lipinski definition) is 1. The minimum Gasteiger partial charge on any atom is -0.387 e. The minimum atomic E-state index is -0.760. The predicted octanol–water partition coefficient (Wildman–Crippen LogP) is 3.31. The lowest BCUT2D eigenvalue weighted by atomic mass is 9.67. The van der Waals surface area contributed by atoms with Gasteiger partial charge in [-0.05, 0) is 45.4 Å². The van der Waals surface area contributed by atoms with Gasteiger partial charge in [-0.3, -0.25) is 0 Å². The summed E-state index contributed by atoms with van der Waals surface area (Å²) in [5.74, 6) is 0.904. The zero-order valence-electron chi connectivity index (χ0n) is 13.6. The van der Waals surface area contributed by atoms with Gasteiger partial charge >= 0.3 is 0 Å². The van der Waals surface area contributed by atoms with Crippen LogP contribution in [0.4, 0.5) is 0 Å². The van der Waals surface area contributed by atoms with Crippen molar-refractivity contribution >= 4 is 0 Å². The molecule has 3 nitrogen and oxygen atoms in total. The Labute approximate surface area is 123 Å². The van der Waals surface area contributed by atoms with Gasteiger partial charge in [0.2, 0.25) is 0 Å². The molecule has 2 fully saturated rings. The standard InChI is InChI=1S/C17H30O3/c1-12(2)7-6-8-13(3)14-15(19-5)16(4,18)9-10-17(14)11-20-17/h8,12,14-15,18H,6-7,9-11H2,1-5H3/t14-,15-,16+,17-/m0/s1. The average Bonchev–Trinajstić information content (AvgIpc) is 3.12. The second kappa shape index (κ2) is 5.78. The molecule has 1 N–H and O–H groups in total. The third-order valence-corrected chi connectivity index (χ3v) is 5.01. The summed E-state index contributed by atoms with van der Waals surface area (Å²) in [5.41, 5.74) is 0.487. The Morgan fingerprint density at radius 2 is 2.10 bits per heavy atom. The summed E-state index contributed by atoms with van der Waals surface area (Å²) in [7, 11) is 1.70. The molecule has 1 saturated carbocycles. The number of allylic oxidation sites excluding steroid dienone is 1. The van der Waals surface area contributed by atoms with E-state index in [4.69, 9.17) is 9.47 Å². The first kappa shape index (κ1) is 16.0. The summed E-state index contributed by atoms with van der Waals surface area (Å²) in [4.78, 5) is 0. The molecule has 0 bridgehead atoms. The largest absolute Gasteiger partial charge is 0.387 e. The number of aliphatic hydroxyl groups is 1. The van der Waals surface area contributed by atoms with Crippen LogP contribution < -0.4 is 0 Å². The van der Waals surface area contributed by atoms with Crippen molar-refractivity contribution in [3.8, 4) is 0 Å². The molecule has 3 heteroatoms. The van der Waals surface area contributed by atoms with E-state index in [9.17, 15) is 5.11 Å². The molecule has 1 aliphatic heterocycles. The maximum atomic E-state index is 10.6. The highest BCUT2D eigenvalue weighted by Gasteiger charge is 2.61.